The maximum atomic E-state index is 13.3. The lowest BCUT2D eigenvalue weighted by Gasteiger charge is -2.17. The average molecular weight is 579 g/mol. The first-order valence-corrected chi connectivity index (χ1v) is 13.5. The summed E-state index contributed by atoms with van der Waals surface area (Å²) in [5, 5.41) is 15.0. The van der Waals surface area contributed by atoms with Crippen molar-refractivity contribution in [3.05, 3.63) is 70.4 Å². The van der Waals surface area contributed by atoms with Crippen LogP contribution in [-0.4, -0.2) is 75.4 Å². The van der Waals surface area contributed by atoms with Crippen LogP contribution in [0.2, 0.25) is 0 Å². The Balaban J connectivity index is 1.55. The fourth-order valence-electron chi connectivity index (χ4n) is 4.52. The van der Waals surface area contributed by atoms with E-state index in [9.17, 15) is 29.1 Å². The van der Waals surface area contributed by atoms with E-state index in [0.717, 1.165) is 36.5 Å². The molecule has 13 heteroatoms. The second-order valence-corrected chi connectivity index (χ2v) is 10.3. The number of methoxy groups -OCH3 is 1. The van der Waals surface area contributed by atoms with Gasteiger partial charge in [-0.05, 0) is 67.9 Å². The number of ether oxygens (including phenoxy) is 1. The van der Waals surface area contributed by atoms with Gasteiger partial charge in [0.15, 0.2) is 0 Å². The number of allylic oxidation sites excluding steroid dienone is 1. The number of benzene rings is 1. The molecule has 0 unspecified atom stereocenters. The van der Waals surface area contributed by atoms with E-state index in [-0.39, 0.29) is 36.8 Å². The van der Waals surface area contributed by atoms with Gasteiger partial charge in [0, 0.05) is 20.3 Å². The number of nitrogens with zero attached hydrogens (tertiary/aromatic N) is 4. The van der Waals surface area contributed by atoms with Crippen molar-refractivity contribution < 1.29 is 29.0 Å². The van der Waals surface area contributed by atoms with Crippen LogP contribution >= 0.6 is 0 Å². The number of alkyl carbamates (subject to hydrolysis) is 1. The minimum Gasteiger partial charge on any atom is -0.464 e. The molecule has 1 saturated carbocycles. The molecule has 1 fully saturated rings. The molecule has 222 valence electrons. The zero-order valence-electron chi connectivity index (χ0n) is 23.7. The molecule has 42 heavy (non-hydrogen) atoms. The molecule has 0 aliphatic heterocycles. The number of imidazole rings is 1. The summed E-state index contributed by atoms with van der Waals surface area (Å²) in [6.07, 6.45) is 5.89. The third-order valence-electron chi connectivity index (χ3n) is 6.94. The van der Waals surface area contributed by atoms with E-state index >= 15 is 0 Å². The van der Waals surface area contributed by atoms with Crippen LogP contribution in [0.4, 0.5) is 15.3 Å². The maximum absolute atomic E-state index is 13.3. The quantitative estimate of drug-likeness (QED) is 0.292. The molecule has 3 amide bonds. The molecule has 3 N–H and O–H groups in total. The first kappa shape index (κ1) is 30.0. The van der Waals surface area contributed by atoms with Crippen LogP contribution in [0.1, 0.15) is 37.1 Å². The normalized spacial score (nSPS) is 13.6. The van der Waals surface area contributed by atoms with E-state index in [0.29, 0.717) is 17.0 Å². The van der Waals surface area contributed by atoms with Gasteiger partial charge in [-0.25, -0.2) is 19.1 Å². The van der Waals surface area contributed by atoms with Gasteiger partial charge in [0.2, 0.25) is 11.8 Å². The molecule has 1 aliphatic rings. The summed E-state index contributed by atoms with van der Waals surface area (Å²) in [6, 6.07) is 7.33. The predicted molar refractivity (Wildman–Crippen MR) is 154 cm³/mol. The molecule has 2 heterocycles. The van der Waals surface area contributed by atoms with E-state index < -0.39 is 29.7 Å². The number of para-hydroxylation sites is 1. The molecule has 0 saturated heterocycles. The zero-order valence-corrected chi connectivity index (χ0v) is 23.7. The van der Waals surface area contributed by atoms with E-state index in [1.165, 1.54) is 27.8 Å². The van der Waals surface area contributed by atoms with Crippen molar-refractivity contribution in [2.24, 2.45) is 5.92 Å². The molecular formula is C29H34N6O7. The van der Waals surface area contributed by atoms with Gasteiger partial charge < -0.3 is 29.9 Å². The Kier molecular flexibility index (Phi) is 9.40. The van der Waals surface area contributed by atoms with Crippen LogP contribution in [0, 0.1) is 5.92 Å². The highest BCUT2D eigenvalue weighted by Gasteiger charge is 2.25. The lowest BCUT2D eigenvalue weighted by Crippen LogP contribution is -2.44. The number of carbonyl (C=O) groups excluding carboxylic acids is 3. The van der Waals surface area contributed by atoms with E-state index in [4.69, 9.17) is 0 Å². The van der Waals surface area contributed by atoms with Crippen LogP contribution in [0.15, 0.2) is 53.5 Å². The van der Waals surface area contributed by atoms with Crippen LogP contribution in [0.5, 0.6) is 0 Å². The number of hydrogen-bond acceptors (Lipinski definition) is 7. The van der Waals surface area contributed by atoms with Crippen molar-refractivity contribution in [2.45, 2.75) is 44.7 Å². The van der Waals surface area contributed by atoms with Crippen molar-refractivity contribution in [3.63, 3.8) is 0 Å². The van der Waals surface area contributed by atoms with Crippen molar-refractivity contribution in [3.8, 4) is 0 Å². The Morgan fingerprint density at radius 3 is 2.62 bits per heavy atom. The van der Waals surface area contributed by atoms with Crippen molar-refractivity contribution in [2.75, 3.05) is 26.5 Å². The van der Waals surface area contributed by atoms with Gasteiger partial charge in [0.05, 0.1) is 24.7 Å². The van der Waals surface area contributed by atoms with Crippen LogP contribution in [0.25, 0.3) is 11.0 Å². The number of fused-ring (bicyclic) bond motifs is 1. The van der Waals surface area contributed by atoms with Gasteiger partial charge in [0.25, 0.3) is 5.56 Å². The predicted octanol–water partition coefficient (Wildman–Crippen LogP) is 2.81. The summed E-state index contributed by atoms with van der Waals surface area (Å²) in [7, 11) is 4.38. The largest absolute Gasteiger partial charge is 0.464 e. The van der Waals surface area contributed by atoms with Gasteiger partial charge in [-0.2, -0.15) is 0 Å². The lowest BCUT2D eigenvalue weighted by atomic mass is 10.1. The fraction of sp³-hybridized carbons (Fsp3) is 0.379. The van der Waals surface area contributed by atoms with Crippen LogP contribution in [0.3, 0.4) is 0 Å². The number of nitrogens with one attached hydrogen (secondary N) is 2. The number of hydrogen-bond donors (Lipinski definition) is 3. The first-order chi connectivity index (χ1) is 20.1. The molecule has 2 aromatic heterocycles. The highest BCUT2D eigenvalue weighted by atomic mass is 16.5. The number of carboxylic acid groups (broad SMARTS) is 1. The summed E-state index contributed by atoms with van der Waals surface area (Å²) >= 11 is 0. The summed E-state index contributed by atoms with van der Waals surface area (Å²) in [4.78, 5) is 68.2. The Labute approximate surface area is 241 Å². The Morgan fingerprint density at radius 2 is 1.95 bits per heavy atom. The molecule has 1 aliphatic carbocycles. The lowest BCUT2D eigenvalue weighted by molar-refractivity contribution is -0.123. The van der Waals surface area contributed by atoms with Gasteiger partial charge in [0.1, 0.15) is 17.6 Å². The van der Waals surface area contributed by atoms with Crippen molar-refractivity contribution in [1.82, 2.24) is 24.3 Å². The SMILES string of the molecule is COC(=O)N[C@@H](CC/C=C/C(=O)N(C)C)C(=O)Nc1cccn(Cc2nc3c(CC4CC4)cccc3n2C(=O)O)c1=O. The van der Waals surface area contributed by atoms with Crippen LogP contribution in [-0.2, 0) is 27.3 Å². The molecule has 0 bridgehead atoms. The Bertz CT molecular complexity index is 1580. The minimum atomic E-state index is -1.22. The topological polar surface area (TPSA) is 165 Å². The van der Waals surface area contributed by atoms with E-state index in [1.807, 2.05) is 12.1 Å². The molecular weight excluding hydrogens is 544 g/mol. The summed E-state index contributed by atoms with van der Waals surface area (Å²) in [5.41, 5.74) is 1.37. The van der Waals surface area contributed by atoms with E-state index in [2.05, 4.69) is 20.4 Å². The standard InChI is InChI=1S/C29H34N6O7/c1-33(2)24(36)12-5-4-9-20(31-28(39)42-3)26(37)30-21-10-7-15-34(27(21)38)17-23-32-25-19(16-18-13-14-18)8-6-11-22(25)35(23)29(40)41/h5-8,10-12,15,18,20H,4,9,13-14,16-17H2,1-3H3,(H,30,37)(H,31,39)(H,40,41)/b12-5+/t20-/m0/s1. The molecule has 1 atom stereocenters. The molecule has 4 rings (SSSR count). The molecule has 3 aromatic rings. The van der Waals surface area contributed by atoms with Gasteiger partial charge in [-0.15, -0.1) is 0 Å². The number of amides is 3. The second kappa shape index (κ2) is 13.1. The number of anilines is 1. The Hall–Kier alpha value is -4.94. The molecule has 1 aromatic carbocycles. The Morgan fingerprint density at radius 1 is 1.19 bits per heavy atom. The molecule has 0 spiro atoms. The monoisotopic (exact) mass is 578 g/mol. The zero-order chi connectivity index (χ0) is 30.4. The third-order valence-corrected chi connectivity index (χ3v) is 6.94. The molecule has 13 nitrogen and oxygen atoms in total. The number of pyridine rings is 1. The van der Waals surface area contributed by atoms with Crippen LogP contribution < -0.4 is 16.2 Å². The number of carbonyl (C=O) groups is 4. The van der Waals surface area contributed by atoms with Gasteiger partial charge >= 0.3 is 12.2 Å². The van der Waals surface area contributed by atoms with Crippen molar-refractivity contribution >= 4 is 40.7 Å². The second-order valence-electron chi connectivity index (χ2n) is 10.3. The van der Waals surface area contributed by atoms with Gasteiger partial charge in [-0.3, -0.25) is 14.4 Å². The maximum Gasteiger partial charge on any atom is 0.417 e. The number of aromatic nitrogens is 3. The smallest absolute Gasteiger partial charge is 0.417 e. The third kappa shape index (κ3) is 7.22. The van der Waals surface area contributed by atoms with E-state index in [1.54, 1.807) is 32.3 Å². The summed E-state index contributed by atoms with van der Waals surface area (Å²) in [6.45, 7) is -0.152. The summed E-state index contributed by atoms with van der Waals surface area (Å²) < 4.78 is 6.96. The fourth-order valence-corrected chi connectivity index (χ4v) is 4.52. The number of rotatable bonds is 11. The van der Waals surface area contributed by atoms with Gasteiger partial charge in [-0.1, -0.05) is 18.2 Å². The first-order valence-electron chi connectivity index (χ1n) is 13.5. The highest BCUT2D eigenvalue weighted by Crippen LogP contribution is 2.34. The minimum absolute atomic E-state index is 0.0649. The highest BCUT2D eigenvalue weighted by molar-refractivity contribution is 5.96. The number of likely N-dealkylation sites (N-methyl/N-ethyl adjacent to an activating group) is 1. The van der Waals surface area contributed by atoms with Crippen molar-refractivity contribution in [1.29, 1.82) is 0 Å². The average Bonchev–Trinajstić information content (AvgIpc) is 3.69. The summed E-state index contributed by atoms with van der Waals surface area (Å²) in [5.74, 6) is -0.149. The molecule has 0 radical (unpaired) electrons.